The number of carbonyl (C=O) groups is 1. The van der Waals surface area contributed by atoms with Gasteiger partial charge in [-0.05, 0) is 60.7 Å². The molecule has 7 nitrogen and oxygen atoms in total. The molecular weight excluding hydrogens is 401 g/mol. The number of ether oxygens (including phenoxy) is 2. The minimum Gasteiger partial charge on any atom is -0.497 e. The molecule has 156 valence electrons. The predicted octanol–water partition coefficient (Wildman–Crippen LogP) is 4.57. The van der Waals surface area contributed by atoms with E-state index in [0.717, 1.165) is 0 Å². The maximum absolute atomic E-state index is 13.1. The number of hydrogen-bond acceptors (Lipinski definition) is 6. The van der Waals surface area contributed by atoms with Gasteiger partial charge in [0.05, 0.1) is 18.4 Å². The number of nitrogens with one attached hydrogen (secondary N) is 1. The van der Waals surface area contributed by atoms with E-state index in [0.29, 0.717) is 34.1 Å². The zero-order valence-electron chi connectivity index (χ0n) is 16.5. The second-order valence-corrected chi connectivity index (χ2v) is 6.49. The van der Waals surface area contributed by atoms with Gasteiger partial charge in [0, 0.05) is 5.56 Å². The molecular formula is C23H18FN3O4. The SMILES string of the molecule is COc1ccc(OCC(=O)Nc2ccccc2-c2nc(-c3ccc(F)cc3)no2)cc1. The molecule has 1 heterocycles. The van der Waals surface area contributed by atoms with Crippen LogP contribution in [0.5, 0.6) is 11.5 Å². The van der Waals surface area contributed by atoms with Gasteiger partial charge in [0.25, 0.3) is 11.8 Å². The summed E-state index contributed by atoms with van der Waals surface area (Å²) < 4.78 is 29.1. The summed E-state index contributed by atoms with van der Waals surface area (Å²) >= 11 is 0. The van der Waals surface area contributed by atoms with Crippen LogP contribution in [-0.2, 0) is 4.79 Å². The number of hydrogen-bond donors (Lipinski definition) is 1. The normalized spacial score (nSPS) is 10.5. The van der Waals surface area contributed by atoms with Crippen LogP contribution >= 0.6 is 0 Å². The number of halogens is 1. The first-order chi connectivity index (χ1) is 15.1. The van der Waals surface area contributed by atoms with Crippen LogP contribution in [-0.4, -0.2) is 29.8 Å². The van der Waals surface area contributed by atoms with Crippen molar-refractivity contribution in [3.05, 3.63) is 78.6 Å². The van der Waals surface area contributed by atoms with Gasteiger partial charge in [-0.15, -0.1) is 0 Å². The first kappa shape index (κ1) is 20.1. The van der Waals surface area contributed by atoms with E-state index < -0.39 is 0 Å². The molecule has 3 aromatic carbocycles. The Kier molecular flexibility index (Phi) is 5.89. The third-order valence-electron chi connectivity index (χ3n) is 4.39. The summed E-state index contributed by atoms with van der Waals surface area (Å²) in [5, 5.41) is 6.74. The van der Waals surface area contributed by atoms with E-state index in [1.165, 1.54) is 12.1 Å². The van der Waals surface area contributed by atoms with E-state index in [1.54, 1.807) is 67.8 Å². The van der Waals surface area contributed by atoms with E-state index in [9.17, 15) is 9.18 Å². The molecule has 4 rings (SSSR count). The summed E-state index contributed by atoms with van der Waals surface area (Å²) in [5.74, 6) is 1.10. The molecule has 0 unspecified atom stereocenters. The Labute approximate surface area is 177 Å². The fourth-order valence-corrected chi connectivity index (χ4v) is 2.83. The van der Waals surface area contributed by atoms with Crippen LogP contribution in [0, 0.1) is 5.82 Å². The van der Waals surface area contributed by atoms with Crippen LogP contribution in [0.3, 0.4) is 0 Å². The van der Waals surface area contributed by atoms with Crippen molar-refractivity contribution in [2.45, 2.75) is 0 Å². The molecule has 4 aromatic rings. The Bertz CT molecular complexity index is 1170. The largest absolute Gasteiger partial charge is 0.497 e. The lowest BCUT2D eigenvalue weighted by Gasteiger charge is -2.10. The molecule has 0 aliphatic carbocycles. The van der Waals surface area contributed by atoms with Crippen molar-refractivity contribution in [3.63, 3.8) is 0 Å². The first-order valence-electron chi connectivity index (χ1n) is 9.38. The maximum Gasteiger partial charge on any atom is 0.262 e. The number of carbonyl (C=O) groups excluding carboxylic acids is 1. The number of benzene rings is 3. The Morgan fingerprint density at radius 3 is 2.45 bits per heavy atom. The van der Waals surface area contributed by atoms with Crippen LogP contribution in [0.1, 0.15) is 0 Å². The third kappa shape index (κ3) is 4.87. The molecule has 1 N–H and O–H groups in total. The van der Waals surface area contributed by atoms with Crippen LogP contribution in [0.25, 0.3) is 22.8 Å². The van der Waals surface area contributed by atoms with Crippen molar-refractivity contribution < 1.29 is 23.2 Å². The third-order valence-corrected chi connectivity index (χ3v) is 4.39. The highest BCUT2D eigenvalue weighted by molar-refractivity contribution is 5.95. The summed E-state index contributed by atoms with van der Waals surface area (Å²) in [5.41, 5.74) is 1.67. The topological polar surface area (TPSA) is 86.5 Å². The highest BCUT2D eigenvalue weighted by Gasteiger charge is 2.15. The molecule has 0 saturated carbocycles. The van der Waals surface area contributed by atoms with Crippen molar-refractivity contribution >= 4 is 11.6 Å². The van der Waals surface area contributed by atoms with E-state index in [2.05, 4.69) is 15.5 Å². The van der Waals surface area contributed by atoms with E-state index in [-0.39, 0.29) is 24.2 Å². The van der Waals surface area contributed by atoms with Gasteiger partial charge in [0.2, 0.25) is 5.82 Å². The lowest BCUT2D eigenvalue weighted by atomic mass is 10.1. The van der Waals surface area contributed by atoms with Gasteiger partial charge in [-0.1, -0.05) is 17.3 Å². The second-order valence-electron chi connectivity index (χ2n) is 6.49. The highest BCUT2D eigenvalue weighted by atomic mass is 19.1. The molecule has 0 radical (unpaired) electrons. The number of methoxy groups -OCH3 is 1. The number of para-hydroxylation sites is 1. The van der Waals surface area contributed by atoms with Crippen molar-refractivity contribution in [2.75, 3.05) is 19.0 Å². The van der Waals surface area contributed by atoms with Crippen LogP contribution in [0.4, 0.5) is 10.1 Å². The molecule has 0 saturated heterocycles. The average molecular weight is 419 g/mol. The predicted molar refractivity (Wildman–Crippen MR) is 112 cm³/mol. The number of anilines is 1. The monoisotopic (exact) mass is 419 g/mol. The summed E-state index contributed by atoms with van der Waals surface area (Å²) in [7, 11) is 1.58. The van der Waals surface area contributed by atoms with Gasteiger partial charge >= 0.3 is 0 Å². The van der Waals surface area contributed by atoms with Crippen molar-refractivity contribution in [3.8, 4) is 34.3 Å². The lowest BCUT2D eigenvalue weighted by Crippen LogP contribution is -2.20. The van der Waals surface area contributed by atoms with E-state index in [1.807, 2.05) is 0 Å². The molecule has 1 amide bonds. The molecule has 0 bridgehead atoms. The molecule has 0 aliphatic heterocycles. The van der Waals surface area contributed by atoms with E-state index >= 15 is 0 Å². The minimum absolute atomic E-state index is 0.175. The Morgan fingerprint density at radius 2 is 1.71 bits per heavy atom. The number of rotatable bonds is 7. The lowest BCUT2D eigenvalue weighted by molar-refractivity contribution is -0.118. The second kappa shape index (κ2) is 9.08. The van der Waals surface area contributed by atoms with E-state index in [4.69, 9.17) is 14.0 Å². The van der Waals surface area contributed by atoms with Crippen molar-refractivity contribution in [2.24, 2.45) is 0 Å². The molecule has 0 fully saturated rings. The number of nitrogens with zero attached hydrogens (tertiary/aromatic N) is 2. The highest BCUT2D eigenvalue weighted by Crippen LogP contribution is 2.28. The van der Waals surface area contributed by atoms with Crippen molar-refractivity contribution in [1.29, 1.82) is 0 Å². The molecule has 31 heavy (non-hydrogen) atoms. The molecule has 0 atom stereocenters. The fraction of sp³-hybridized carbons (Fsp3) is 0.0870. The fourth-order valence-electron chi connectivity index (χ4n) is 2.83. The quantitative estimate of drug-likeness (QED) is 0.472. The van der Waals surface area contributed by atoms with Gasteiger partial charge in [-0.3, -0.25) is 4.79 Å². The zero-order chi connectivity index (χ0) is 21.6. The molecule has 0 aliphatic rings. The van der Waals surface area contributed by atoms with Gasteiger partial charge in [-0.2, -0.15) is 4.98 Å². The van der Waals surface area contributed by atoms with Crippen molar-refractivity contribution in [1.82, 2.24) is 10.1 Å². The molecule has 0 spiro atoms. The van der Waals surface area contributed by atoms with Gasteiger partial charge in [0.1, 0.15) is 17.3 Å². The van der Waals surface area contributed by atoms with Gasteiger partial charge in [-0.25, -0.2) is 4.39 Å². The van der Waals surface area contributed by atoms with Gasteiger partial charge in [0.15, 0.2) is 6.61 Å². The Morgan fingerprint density at radius 1 is 1.00 bits per heavy atom. The summed E-state index contributed by atoms with van der Waals surface area (Å²) in [6.45, 7) is -0.175. The number of aromatic nitrogens is 2. The maximum atomic E-state index is 13.1. The van der Waals surface area contributed by atoms with Crippen LogP contribution in [0.15, 0.2) is 77.3 Å². The number of amides is 1. The Balaban J connectivity index is 1.46. The molecule has 1 aromatic heterocycles. The minimum atomic E-state index is -0.350. The van der Waals surface area contributed by atoms with Crippen LogP contribution in [0.2, 0.25) is 0 Å². The summed E-state index contributed by atoms with van der Waals surface area (Å²) in [4.78, 5) is 16.8. The zero-order valence-corrected chi connectivity index (χ0v) is 16.5. The van der Waals surface area contributed by atoms with Gasteiger partial charge < -0.3 is 19.3 Å². The van der Waals surface area contributed by atoms with Crippen LogP contribution < -0.4 is 14.8 Å². The summed E-state index contributed by atoms with van der Waals surface area (Å²) in [6.07, 6.45) is 0. The Hall–Kier alpha value is -4.20. The molecule has 8 heteroatoms. The first-order valence-corrected chi connectivity index (χ1v) is 9.38. The smallest absolute Gasteiger partial charge is 0.262 e. The average Bonchev–Trinajstić information content (AvgIpc) is 3.29. The standard InChI is InChI=1S/C23H18FN3O4/c1-29-17-10-12-18(13-11-17)30-14-21(28)25-20-5-3-2-4-19(20)23-26-22(27-31-23)15-6-8-16(24)9-7-15/h2-13H,14H2,1H3,(H,25,28). The summed E-state index contributed by atoms with van der Waals surface area (Å²) in [6, 6.07) is 19.7.